The van der Waals surface area contributed by atoms with Gasteiger partial charge in [0.15, 0.2) is 0 Å². The molecule has 122 valence electrons. The summed E-state index contributed by atoms with van der Waals surface area (Å²) in [6.07, 6.45) is 1.89. The van der Waals surface area contributed by atoms with Gasteiger partial charge in [-0.05, 0) is 13.3 Å². The number of hydrogen-bond acceptors (Lipinski definition) is 5. The summed E-state index contributed by atoms with van der Waals surface area (Å²) in [5.74, 6) is 0.182. The van der Waals surface area contributed by atoms with Gasteiger partial charge >= 0.3 is 5.97 Å². The maximum atomic E-state index is 11.8. The first-order chi connectivity index (χ1) is 11.0. The number of hydrogen-bond donors (Lipinski definition) is 1. The predicted molar refractivity (Wildman–Crippen MR) is 85.0 cm³/mol. The fraction of sp³-hybridized carbons (Fsp3) is 0.375. The normalized spacial score (nSPS) is 10.5. The summed E-state index contributed by atoms with van der Waals surface area (Å²) in [5.41, 5.74) is 1.94. The molecule has 0 aliphatic heterocycles. The van der Waals surface area contributed by atoms with Crippen molar-refractivity contribution in [3.63, 3.8) is 0 Å². The third-order valence-electron chi connectivity index (χ3n) is 3.39. The molecule has 23 heavy (non-hydrogen) atoms. The van der Waals surface area contributed by atoms with Crippen molar-refractivity contribution in [1.82, 2.24) is 9.97 Å². The van der Waals surface area contributed by atoms with Crippen LogP contribution in [0.4, 0.5) is 5.69 Å². The van der Waals surface area contributed by atoms with E-state index in [1.807, 2.05) is 13.8 Å². The number of nitrogens with one attached hydrogen (secondary N) is 1. The molecule has 0 bridgehead atoms. The molecule has 2 rings (SSSR count). The summed E-state index contributed by atoms with van der Waals surface area (Å²) >= 11 is 0. The third kappa shape index (κ3) is 4.38. The monoisotopic (exact) mass is 317 g/mol. The van der Waals surface area contributed by atoms with E-state index in [1.165, 1.54) is 12.1 Å². The van der Waals surface area contributed by atoms with E-state index >= 15 is 0 Å². The fourth-order valence-corrected chi connectivity index (χ4v) is 2.09. The molecular weight excluding hydrogens is 298 g/mol. The van der Waals surface area contributed by atoms with Gasteiger partial charge in [0.05, 0.1) is 23.6 Å². The van der Waals surface area contributed by atoms with E-state index < -0.39 is 4.92 Å². The number of aromatic amines is 1. The Balaban J connectivity index is 2.13. The molecular formula is C16H19N3O4. The number of nitrogens with zero attached hydrogens (tertiary/aromatic N) is 2. The van der Waals surface area contributed by atoms with Crippen LogP contribution in [-0.2, 0) is 16.0 Å². The van der Waals surface area contributed by atoms with Crippen molar-refractivity contribution < 1.29 is 14.5 Å². The molecule has 7 heteroatoms. The average molecular weight is 317 g/mol. The summed E-state index contributed by atoms with van der Waals surface area (Å²) in [6.45, 7) is 4.25. The number of non-ortho nitro benzene ring substituents is 1. The van der Waals surface area contributed by atoms with Gasteiger partial charge in [-0.25, -0.2) is 4.98 Å². The Kier molecular flexibility index (Phi) is 5.46. The molecule has 0 fully saturated rings. The maximum Gasteiger partial charge on any atom is 0.311 e. The van der Waals surface area contributed by atoms with E-state index in [4.69, 9.17) is 4.74 Å². The Hall–Kier alpha value is -2.70. The molecule has 1 aromatic carbocycles. The lowest BCUT2D eigenvalue weighted by molar-refractivity contribution is -0.384. The van der Waals surface area contributed by atoms with Crippen molar-refractivity contribution >= 4 is 11.7 Å². The van der Waals surface area contributed by atoms with Crippen LogP contribution in [0.25, 0.3) is 11.4 Å². The van der Waals surface area contributed by atoms with Gasteiger partial charge in [-0.1, -0.05) is 25.5 Å². The largest absolute Gasteiger partial charge is 0.465 e. The molecule has 1 aromatic heterocycles. The Morgan fingerprint density at radius 1 is 1.43 bits per heavy atom. The second-order valence-electron chi connectivity index (χ2n) is 5.22. The number of unbranched alkanes of at least 4 members (excludes halogenated alkanes) is 1. The number of esters is 1. The molecule has 2 aromatic rings. The Labute approximate surface area is 133 Å². The molecule has 0 saturated heterocycles. The van der Waals surface area contributed by atoms with E-state index in [0.717, 1.165) is 18.5 Å². The smallest absolute Gasteiger partial charge is 0.311 e. The minimum atomic E-state index is -0.453. The number of benzene rings is 1. The number of ether oxygens (including phenoxy) is 1. The predicted octanol–water partition coefficient (Wildman–Crippen LogP) is 3.18. The van der Waals surface area contributed by atoms with Crippen LogP contribution >= 0.6 is 0 Å². The van der Waals surface area contributed by atoms with Gasteiger partial charge in [0.2, 0.25) is 0 Å². The maximum absolute atomic E-state index is 11.8. The fourth-order valence-electron chi connectivity index (χ4n) is 2.09. The first kappa shape index (κ1) is 16.7. The van der Waals surface area contributed by atoms with Crippen LogP contribution in [0.2, 0.25) is 0 Å². The number of nitro groups is 1. The number of rotatable bonds is 7. The van der Waals surface area contributed by atoms with Crippen molar-refractivity contribution in [2.24, 2.45) is 0 Å². The van der Waals surface area contributed by atoms with Crippen molar-refractivity contribution in [2.75, 3.05) is 6.61 Å². The molecule has 0 radical (unpaired) electrons. The highest BCUT2D eigenvalue weighted by Crippen LogP contribution is 2.22. The van der Waals surface area contributed by atoms with Crippen molar-refractivity contribution in [1.29, 1.82) is 0 Å². The molecule has 1 N–H and O–H groups in total. The van der Waals surface area contributed by atoms with Gasteiger partial charge in [-0.2, -0.15) is 0 Å². The lowest BCUT2D eigenvalue weighted by atomic mass is 10.2. The number of carbonyl (C=O) groups excluding carboxylic acids is 1. The lowest BCUT2D eigenvalue weighted by Gasteiger charge is -2.02. The van der Waals surface area contributed by atoms with Crippen molar-refractivity contribution in [3.8, 4) is 11.4 Å². The first-order valence-corrected chi connectivity index (χ1v) is 7.47. The van der Waals surface area contributed by atoms with E-state index in [9.17, 15) is 14.9 Å². The van der Waals surface area contributed by atoms with Gasteiger partial charge in [-0.3, -0.25) is 14.9 Å². The molecule has 0 saturated carbocycles. The van der Waals surface area contributed by atoms with Gasteiger partial charge in [0.1, 0.15) is 5.82 Å². The molecule has 0 amide bonds. The first-order valence-electron chi connectivity index (χ1n) is 7.47. The van der Waals surface area contributed by atoms with Crippen LogP contribution < -0.4 is 0 Å². The highest BCUT2D eigenvalue weighted by atomic mass is 16.6. The van der Waals surface area contributed by atoms with Crippen LogP contribution in [0.15, 0.2) is 24.3 Å². The summed E-state index contributed by atoms with van der Waals surface area (Å²) in [4.78, 5) is 29.6. The average Bonchev–Trinajstić information content (AvgIpc) is 2.88. The SMILES string of the molecule is CCCCOC(=O)Cc1nc(-c2cccc([N+](=O)[O-])c2)[nH]c1C. The number of H-pyrrole nitrogens is 1. The van der Waals surface area contributed by atoms with Crippen LogP contribution in [0.3, 0.4) is 0 Å². The zero-order valence-electron chi connectivity index (χ0n) is 13.2. The minimum Gasteiger partial charge on any atom is -0.465 e. The number of aryl methyl sites for hydroxylation is 1. The summed E-state index contributed by atoms with van der Waals surface area (Å²) in [5, 5.41) is 10.8. The van der Waals surface area contributed by atoms with E-state index in [0.29, 0.717) is 23.7 Å². The summed E-state index contributed by atoms with van der Waals surface area (Å²) in [7, 11) is 0. The van der Waals surface area contributed by atoms with Crippen LogP contribution in [0.5, 0.6) is 0 Å². The third-order valence-corrected chi connectivity index (χ3v) is 3.39. The molecule has 0 atom stereocenters. The van der Waals surface area contributed by atoms with Crippen molar-refractivity contribution in [2.45, 2.75) is 33.1 Å². The standard InChI is InChI=1S/C16H19N3O4/c1-3-4-8-23-15(20)10-14-11(2)17-16(18-14)12-6-5-7-13(9-12)19(21)22/h5-7,9H,3-4,8,10H2,1-2H3,(H,17,18). The summed E-state index contributed by atoms with van der Waals surface area (Å²) in [6, 6.07) is 6.20. The number of carbonyl (C=O) groups is 1. The topological polar surface area (TPSA) is 98.1 Å². The van der Waals surface area contributed by atoms with Crippen LogP contribution in [0, 0.1) is 17.0 Å². The zero-order chi connectivity index (χ0) is 16.8. The molecule has 0 aliphatic rings. The lowest BCUT2D eigenvalue weighted by Crippen LogP contribution is -2.10. The van der Waals surface area contributed by atoms with Crippen LogP contribution in [-0.4, -0.2) is 27.5 Å². The second-order valence-corrected chi connectivity index (χ2v) is 5.22. The molecule has 0 unspecified atom stereocenters. The molecule has 0 aliphatic carbocycles. The van der Waals surface area contributed by atoms with E-state index in [2.05, 4.69) is 9.97 Å². The quantitative estimate of drug-likeness (QED) is 0.366. The van der Waals surface area contributed by atoms with E-state index in [1.54, 1.807) is 12.1 Å². The Morgan fingerprint density at radius 2 is 2.22 bits per heavy atom. The van der Waals surface area contributed by atoms with E-state index in [-0.39, 0.29) is 18.1 Å². The number of nitro benzene ring substituents is 1. The van der Waals surface area contributed by atoms with Gasteiger partial charge in [-0.15, -0.1) is 0 Å². The second kappa shape index (κ2) is 7.53. The Bertz CT molecular complexity index is 709. The summed E-state index contributed by atoms with van der Waals surface area (Å²) < 4.78 is 5.12. The van der Waals surface area contributed by atoms with Gasteiger partial charge in [0, 0.05) is 23.4 Å². The number of imidazole rings is 1. The minimum absolute atomic E-state index is 0.00271. The number of aromatic nitrogens is 2. The van der Waals surface area contributed by atoms with Crippen LogP contribution in [0.1, 0.15) is 31.2 Å². The van der Waals surface area contributed by atoms with Gasteiger partial charge < -0.3 is 9.72 Å². The van der Waals surface area contributed by atoms with Gasteiger partial charge in [0.25, 0.3) is 5.69 Å². The molecule has 7 nitrogen and oxygen atoms in total. The molecule has 1 heterocycles. The Morgan fingerprint density at radius 3 is 2.91 bits per heavy atom. The molecule has 0 spiro atoms. The van der Waals surface area contributed by atoms with Crippen molar-refractivity contribution in [3.05, 3.63) is 45.8 Å². The highest BCUT2D eigenvalue weighted by molar-refractivity contribution is 5.73. The zero-order valence-corrected chi connectivity index (χ0v) is 13.2. The highest BCUT2D eigenvalue weighted by Gasteiger charge is 2.15.